The minimum absolute atomic E-state index is 0.0599. The number of hydrogen-bond donors (Lipinski definition) is 1. The van der Waals surface area contributed by atoms with Crippen molar-refractivity contribution in [2.45, 2.75) is 11.4 Å². The number of rotatable bonds is 5. The molecule has 0 radical (unpaired) electrons. The van der Waals surface area contributed by atoms with E-state index in [9.17, 15) is 4.79 Å². The lowest BCUT2D eigenvalue weighted by molar-refractivity contribution is -0.116. The Balaban J connectivity index is 1.66. The fraction of sp³-hybridized carbons (Fsp3) is 0.154. The maximum Gasteiger partial charge on any atom is 0.248 e. The van der Waals surface area contributed by atoms with E-state index in [1.165, 1.54) is 27.2 Å². The SMILES string of the molecule is CSc1ccc(-c2csc(NC(=O)Cn3cnnn3)n2)cc1. The summed E-state index contributed by atoms with van der Waals surface area (Å²) in [6.07, 6.45) is 3.43. The summed E-state index contributed by atoms with van der Waals surface area (Å²) in [5.74, 6) is -0.217. The van der Waals surface area contributed by atoms with Crippen molar-refractivity contribution < 1.29 is 4.79 Å². The highest BCUT2D eigenvalue weighted by Crippen LogP contribution is 2.26. The fourth-order valence-electron chi connectivity index (χ4n) is 1.78. The van der Waals surface area contributed by atoms with Crippen molar-refractivity contribution in [3.63, 3.8) is 0 Å². The number of benzene rings is 1. The molecule has 0 spiro atoms. The van der Waals surface area contributed by atoms with Gasteiger partial charge in [-0.15, -0.1) is 28.2 Å². The summed E-state index contributed by atoms with van der Waals surface area (Å²) in [6, 6.07) is 8.14. The Kier molecular flexibility index (Phi) is 4.45. The normalized spacial score (nSPS) is 10.6. The zero-order valence-electron chi connectivity index (χ0n) is 11.6. The lowest BCUT2D eigenvalue weighted by Crippen LogP contribution is -2.19. The number of amides is 1. The first-order valence-corrected chi connectivity index (χ1v) is 8.45. The molecule has 112 valence electrons. The van der Waals surface area contributed by atoms with Gasteiger partial charge in [-0.25, -0.2) is 9.67 Å². The smallest absolute Gasteiger partial charge is 0.248 e. The van der Waals surface area contributed by atoms with Crippen molar-refractivity contribution in [2.75, 3.05) is 11.6 Å². The third-order valence-electron chi connectivity index (χ3n) is 2.83. The van der Waals surface area contributed by atoms with Gasteiger partial charge in [-0.2, -0.15) is 0 Å². The number of thioether (sulfide) groups is 1. The van der Waals surface area contributed by atoms with E-state index in [-0.39, 0.29) is 12.5 Å². The number of hydrogen-bond acceptors (Lipinski definition) is 7. The number of aromatic nitrogens is 5. The van der Waals surface area contributed by atoms with Gasteiger partial charge in [0.2, 0.25) is 5.91 Å². The number of nitrogens with zero attached hydrogens (tertiary/aromatic N) is 5. The quantitative estimate of drug-likeness (QED) is 0.721. The van der Waals surface area contributed by atoms with Gasteiger partial charge in [-0.05, 0) is 28.8 Å². The Hall–Kier alpha value is -2.26. The summed E-state index contributed by atoms with van der Waals surface area (Å²) >= 11 is 3.08. The average molecular weight is 332 g/mol. The Bertz CT molecular complexity index is 753. The second kappa shape index (κ2) is 6.67. The minimum Gasteiger partial charge on any atom is -0.300 e. The largest absolute Gasteiger partial charge is 0.300 e. The van der Waals surface area contributed by atoms with Crippen LogP contribution in [0.2, 0.25) is 0 Å². The van der Waals surface area contributed by atoms with Crippen molar-refractivity contribution in [3.05, 3.63) is 36.0 Å². The molecule has 1 N–H and O–H groups in total. The van der Waals surface area contributed by atoms with Crippen LogP contribution < -0.4 is 5.32 Å². The Morgan fingerprint density at radius 1 is 1.36 bits per heavy atom. The molecule has 0 aliphatic heterocycles. The van der Waals surface area contributed by atoms with E-state index >= 15 is 0 Å². The molecule has 0 aliphatic carbocycles. The molecule has 0 unspecified atom stereocenters. The molecule has 0 atom stereocenters. The lowest BCUT2D eigenvalue weighted by atomic mass is 10.2. The van der Waals surface area contributed by atoms with Crippen LogP contribution in [0.5, 0.6) is 0 Å². The van der Waals surface area contributed by atoms with E-state index in [1.54, 1.807) is 11.8 Å². The van der Waals surface area contributed by atoms with E-state index in [0.29, 0.717) is 5.13 Å². The van der Waals surface area contributed by atoms with Gasteiger partial charge in [0.1, 0.15) is 12.9 Å². The standard InChI is InChI=1S/C13H12N6OS2/c1-21-10-4-2-9(3-5-10)11-7-22-13(15-11)16-12(20)6-19-8-14-17-18-19/h2-5,7-8H,6H2,1H3,(H,15,16,20). The molecule has 0 fully saturated rings. The van der Waals surface area contributed by atoms with Gasteiger partial charge in [-0.1, -0.05) is 12.1 Å². The van der Waals surface area contributed by atoms with E-state index in [2.05, 4.69) is 38.0 Å². The summed E-state index contributed by atoms with van der Waals surface area (Å²) in [4.78, 5) is 17.5. The van der Waals surface area contributed by atoms with E-state index < -0.39 is 0 Å². The molecule has 0 saturated heterocycles. The number of nitrogens with one attached hydrogen (secondary N) is 1. The van der Waals surface area contributed by atoms with Crippen molar-refractivity contribution in [3.8, 4) is 11.3 Å². The van der Waals surface area contributed by atoms with Crippen LogP contribution in [0.1, 0.15) is 0 Å². The van der Waals surface area contributed by atoms with Crippen LogP contribution in [-0.2, 0) is 11.3 Å². The fourth-order valence-corrected chi connectivity index (χ4v) is 2.93. The maximum absolute atomic E-state index is 11.8. The molecule has 7 nitrogen and oxygen atoms in total. The molecule has 0 saturated carbocycles. The number of carbonyl (C=O) groups excluding carboxylic acids is 1. The van der Waals surface area contributed by atoms with Crippen LogP contribution >= 0.6 is 23.1 Å². The molecule has 3 aromatic rings. The van der Waals surface area contributed by atoms with E-state index in [0.717, 1.165) is 11.3 Å². The first-order chi connectivity index (χ1) is 10.7. The van der Waals surface area contributed by atoms with Crippen LogP contribution in [0.15, 0.2) is 40.9 Å². The number of carbonyl (C=O) groups is 1. The monoisotopic (exact) mass is 332 g/mol. The number of anilines is 1. The summed E-state index contributed by atoms with van der Waals surface area (Å²) in [7, 11) is 0. The average Bonchev–Trinajstić information content (AvgIpc) is 3.19. The highest BCUT2D eigenvalue weighted by molar-refractivity contribution is 7.98. The molecule has 22 heavy (non-hydrogen) atoms. The predicted molar refractivity (Wildman–Crippen MR) is 85.8 cm³/mol. The second-order valence-corrected chi connectivity index (χ2v) is 6.06. The van der Waals surface area contributed by atoms with Crippen molar-refractivity contribution in [1.29, 1.82) is 0 Å². The molecule has 0 bridgehead atoms. The van der Waals surface area contributed by atoms with Gasteiger partial charge >= 0.3 is 0 Å². The number of tetrazole rings is 1. The molecule has 1 amide bonds. The highest BCUT2D eigenvalue weighted by Gasteiger charge is 2.09. The second-order valence-electron chi connectivity index (χ2n) is 4.32. The molecule has 3 rings (SSSR count). The molecular weight excluding hydrogens is 320 g/mol. The first kappa shape index (κ1) is 14.7. The van der Waals surface area contributed by atoms with Crippen LogP contribution in [-0.4, -0.2) is 37.4 Å². The van der Waals surface area contributed by atoms with Gasteiger partial charge in [0.05, 0.1) is 5.69 Å². The van der Waals surface area contributed by atoms with Crippen LogP contribution in [0.3, 0.4) is 0 Å². The summed E-state index contributed by atoms with van der Waals surface area (Å²) in [5, 5.41) is 15.8. The van der Waals surface area contributed by atoms with Crippen molar-refractivity contribution in [2.24, 2.45) is 0 Å². The number of thiazole rings is 1. The Morgan fingerprint density at radius 3 is 2.86 bits per heavy atom. The topological polar surface area (TPSA) is 85.6 Å². The predicted octanol–water partition coefficient (Wildman–Crippen LogP) is 2.16. The van der Waals surface area contributed by atoms with Crippen LogP contribution in [0.4, 0.5) is 5.13 Å². The third-order valence-corrected chi connectivity index (χ3v) is 4.33. The summed E-state index contributed by atoms with van der Waals surface area (Å²) < 4.78 is 1.35. The molecule has 9 heteroatoms. The van der Waals surface area contributed by atoms with Gasteiger partial charge in [0.15, 0.2) is 5.13 Å². The molecule has 1 aromatic carbocycles. The maximum atomic E-state index is 11.8. The van der Waals surface area contributed by atoms with Gasteiger partial charge in [0, 0.05) is 15.8 Å². The third kappa shape index (κ3) is 3.49. The van der Waals surface area contributed by atoms with E-state index in [1.807, 2.05) is 23.8 Å². The molecular formula is C13H12N6OS2. The van der Waals surface area contributed by atoms with Crippen molar-refractivity contribution >= 4 is 34.1 Å². The molecule has 2 heterocycles. The highest BCUT2D eigenvalue weighted by atomic mass is 32.2. The molecule has 2 aromatic heterocycles. The van der Waals surface area contributed by atoms with Crippen LogP contribution in [0, 0.1) is 0 Å². The summed E-state index contributed by atoms with van der Waals surface area (Å²) in [5.41, 5.74) is 1.87. The van der Waals surface area contributed by atoms with Crippen LogP contribution in [0.25, 0.3) is 11.3 Å². The Morgan fingerprint density at radius 2 is 2.18 bits per heavy atom. The first-order valence-electron chi connectivity index (χ1n) is 6.35. The Labute approximate surface area is 134 Å². The summed E-state index contributed by atoms with van der Waals surface area (Å²) in [6.45, 7) is 0.0599. The van der Waals surface area contributed by atoms with E-state index in [4.69, 9.17) is 0 Å². The molecule has 0 aliphatic rings. The van der Waals surface area contributed by atoms with Gasteiger partial charge in [0.25, 0.3) is 0 Å². The zero-order chi connectivity index (χ0) is 15.4. The minimum atomic E-state index is -0.217. The zero-order valence-corrected chi connectivity index (χ0v) is 13.3. The lowest BCUT2D eigenvalue weighted by Gasteiger charge is -2.01. The van der Waals surface area contributed by atoms with Gasteiger partial charge in [-0.3, -0.25) is 4.79 Å². The van der Waals surface area contributed by atoms with Crippen molar-refractivity contribution in [1.82, 2.24) is 25.2 Å². The van der Waals surface area contributed by atoms with Gasteiger partial charge < -0.3 is 5.32 Å².